The number of hydrogen-bond acceptors (Lipinski definition) is 3. The van der Waals surface area contributed by atoms with Crippen molar-refractivity contribution >= 4 is 27.5 Å². The van der Waals surface area contributed by atoms with Crippen molar-refractivity contribution in [3.63, 3.8) is 0 Å². The zero-order valence-corrected chi connectivity index (χ0v) is 10.4. The van der Waals surface area contributed by atoms with E-state index in [0.29, 0.717) is 5.02 Å². The largest absolute Gasteiger partial charge is 0.277 e. The standard InChI is InChI=1S/C10H11ClN2O3S/c11-8-3-5-9(6-4-8)17(15,16)13-12-10(14)7-1-2-7/h3-7,13H,1-2H2,(H,12,14). The summed E-state index contributed by atoms with van der Waals surface area (Å²) >= 11 is 5.65. The van der Waals surface area contributed by atoms with Crippen molar-refractivity contribution in [2.24, 2.45) is 5.92 Å². The van der Waals surface area contributed by atoms with Gasteiger partial charge in [0.05, 0.1) is 4.90 Å². The number of carbonyl (C=O) groups excluding carboxylic acids is 1. The lowest BCUT2D eigenvalue weighted by atomic mass is 10.4. The highest BCUT2D eigenvalue weighted by Crippen LogP contribution is 2.28. The Balaban J connectivity index is 2.02. The fourth-order valence-electron chi connectivity index (χ4n) is 1.24. The Labute approximate surface area is 104 Å². The van der Waals surface area contributed by atoms with Gasteiger partial charge in [-0.15, -0.1) is 4.83 Å². The van der Waals surface area contributed by atoms with Crippen molar-refractivity contribution in [1.82, 2.24) is 10.3 Å². The van der Waals surface area contributed by atoms with Crippen molar-refractivity contribution in [1.29, 1.82) is 0 Å². The monoisotopic (exact) mass is 274 g/mol. The molecular weight excluding hydrogens is 264 g/mol. The Morgan fingerprint density at radius 3 is 2.35 bits per heavy atom. The average Bonchev–Trinajstić information content (AvgIpc) is 3.10. The minimum absolute atomic E-state index is 0.0529. The van der Waals surface area contributed by atoms with Crippen molar-refractivity contribution < 1.29 is 13.2 Å². The van der Waals surface area contributed by atoms with Crippen molar-refractivity contribution in [3.8, 4) is 0 Å². The number of hydrazine groups is 1. The summed E-state index contributed by atoms with van der Waals surface area (Å²) in [6.07, 6.45) is 1.63. The van der Waals surface area contributed by atoms with Crippen LogP contribution in [0.3, 0.4) is 0 Å². The van der Waals surface area contributed by atoms with E-state index in [1.807, 2.05) is 4.83 Å². The molecule has 0 heterocycles. The topological polar surface area (TPSA) is 75.3 Å². The van der Waals surface area contributed by atoms with Gasteiger partial charge in [-0.05, 0) is 37.1 Å². The van der Waals surface area contributed by atoms with Gasteiger partial charge in [0.1, 0.15) is 0 Å². The van der Waals surface area contributed by atoms with Crippen LogP contribution < -0.4 is 10.3 Å². The smallest absolute Gasteiger partial charge is 0.257 e. The van der Waals surface area contributed by atoms with E-state index < -0.39 is 10.0 Å². The molecule has 2 N–H and O–H groups in total. The second-order valence-electron chi connectivity index (χ2n) is 3.82. The van der Waals surface area contributed by atoms with Gasteiger partial charge in [-0.2, -0.15) is 0 Å². The number of sulfonamides is 1. The van der Waals surface area contributed by atoms with E-state index >= 15 is 0 Å². The van der Waals surface area contributed by atoms with Crippen LogP contribution in [0.1, 0.15) is 12.8 Å². The SMILES string of the molecule is O=C(NNS(=O)(=O)c1ccc(Cl)cc1)C1CC1. The Hall–Kier alpha value is -1.11. The van der Waals surface area contributed by atoms with E-state index in [1.165, 1.54) is 24.3 Å². The summed E-state index contributed by atoms with van der Waals surface area (Å²) in [6, 6.07) is 5.68. The molecule has 1 aromatic rings. The second kappa shape index (κ2) is 4.64. The summed E-state index contributed by atoms with van der Waals surface area (Å²) < 4.78 is 23.4. The Morgan fingerprint density at radius 1 is 1.24 bits per heavy atom. The van der Waals surface area contributed by atoms with Crippen molar-refractivity contribution in [2.45, 2.75) is 17.7 Å². The van der Waals surface area contributed by atoms with E-state index in [4.69, 9.17) is 11.6 Å². The van der Waals surface area contributed by atoms with E-state index in [-0.39, 0.29) is 16.7 Å². The molecule has 0 aliphatic heterocycles. The quantitative estimate of drug-likeness (QED) is 0.806. The van der Waals surface area contributed by atoms with Crippen LogP contribution in [-0.4, -0.2) is 14.3 Å². The highest BCUT2D eigenvalue weighted by Gasteiger charge is 2.30. The van der Waals surface area contributed by atoms with Crippen LogP contribution in [0, 0.1) is 5.92 Å². The maximum absolute atomic E-state index is 11.7. The molecule has 1 aliphatic carbocycles. The number of halogens is 1. The Bertz CT molecular complexity index is 523. The fourth-order valence-corrected chi connectivity index (χ4v) is 2.21. The maximum Gasteiger partial charge on any atom is 0.257 e. The van der Waals surface area contributed by atoms with Crippen LogP contribution in [0.5, 0.6) is 0 Å². The summed E-state index contributed by atoms with van der Waals surface area (Å²) in [5.41, 5.74) is 2.19. The fraction of sp³-hybridized carbons (Fsp3) is 0.300. The molecule has 0 atom stereocenters. The lowest BCUT2D eigenvalue weighted by Gasteiger charge is -2.07. The highest BCUT2D eigenvalue weighted by molar-refractivity contribution is 7.89. The predicted molar refractivity (Wildman–Crippen MR) is 62.6 cm³/mol. The lowest BCUT2D eigenvalue weighted by Crippen LogP contribution is -2.42. The van der Waals surface area contributed by atoms with E-state index in [9.17, 15) is 13.2 Å². The van der Waals surface area contributed by atoms with Crippen LogP contribution in [0.2, 0.25) is 5.02 Å². The molecule has 92 valence electrons. The van der Waals surface area contributed by atoms with Crippen molar-refractivity contribution in [3.05, 3.63) is 29.3 Å². The highest BCUT2D eigenvalue weighted by atomic mass is 35.5. The first-order chi connectivity index (χ1) is 7.99. The van der Waals surface area contributed by atoms with Crippen molar-refractivity contribution in [2.75, 3.05) is 0 Å². The predicted octanol–water partition coefficient (Wildman–Crippen LogP) is 1.06. The lowest BCUT2D eigenvalue weighted by molar-refractivity contribution is -0.122. The first-order valence-corrected chi connectivity index (χ1v) is 6.92. The molecule has 0 bridgehead atoms. The third-order valence-electron chi connectivity index (χ3n) is 2.38. The molecule has 17 heavy (non-hydrogen) atoms. The zero-order chi connectivity index (χ0) is 12.5. The number of hydrogen-bond donors (Lipinski definition) is 2. The molecule has 1 saturated carbocycles. The van der Waals surface area contributed by atoms with Gasteiger partial charge in [0.15, 0.2) is 0 Å². The first kappa shape index (κ1) is 12.3. The molecular formula is C10H11ClN2O3S. The summed E-state index contributed by atoms with van der Waals surface area (Å²) in [6.45, 7) is 0. The molecule has 5 nitrogen and oxygen atoms in total. The third kappa shape index (κ3) is 3.18. The number of amides is 1. The van der Waals surface area contributed by atoms with Gasteiger partial charge >= 0.3 is 0 Å². The normalized spacial score (nSPS) is 15.6. The van der Waals surface area contributed by atoms with Gasteiger partial charge in [0.2, 0.25) is 5.91 Å². The van der Waals surface area contributed by atoms with Gasteiger partial charge in [-0.3, -0.25) is 10.2 Å². The Kier molecular flexibility index (Phi) is 3.37. The van der Waals surface area contributed by atoms with Gasteiger partial charge < -0.3 is 0 Å². The summed E-state index contributed by atoms with van der Waals surface area (Å²) in [7, 11) is -3.72. The first-order valence-electron chi connectivity index (χ1n) is 5.06. The number of rotatable bonds is 4. The van der Waals surface area contributed by atoms with Crippen LogP contribution in [0.4, 0.5) is 0 Å². The molecule has 1 fully saturated rings. The number of nitrogens with one attached hydrogen (secondary N) is 2. The molecule has 1 amide bonds. The van der Waals surface area contributed by atoms with Gasteiger partial charge in [-0.25, -0.2) is 8.42 Å². The van der Waals surface area contributed by atoms with Crippen LogP contribution in [0.25, 0.3) is 0 Å². The molecule has 1 aliphatic rings. The molecule has 0 unspecified atom stereocenters. The molecule has 0 spiro atoms. The zero-order valence-electron chi connectivity index (χ0n) is 8.81. The minimum Gasteiger partial charge on any atom is -0.277 e. The number of benzene rings is 1. The van der Waals surface area contributed by atoms with E-state index in [2.05, 4.69) is 5.43 Å². The van der Waals surface area contributed by atoms with Gasteiger partial charge in [0, 0.05) is 10.9 Å². The van der Waals surface area contributed by atoms with Crippen LogP contribution >= 0.6 is 11.6 Å². The molecule has 1 aromatic carbocycles. The van der Waals surface area contributed by atoms with E-state index in [0.717, 1.165) is 12.8 Å². The third-order valence-corrected chi connectivity index (χ3v) is 3.90. The van der Waals surface area contributed by atoms with Gasteiger partial charge in [0.25, 0.3) is 10.0 Å². The molecule has 7 heteroatoms. The van der Waals surface area contributed by atoms with Crippen LogP contribution in [-0.2, 0) is 14.8 Å². The summed E-state index contributed by atoms with van der Waals surface area (Å²) in [4.78, 5) is 13.4. The molecule has 2 rings (SSSR count). The molecule has 0 aromatic heterocycles. The second-order valence-corrected chi connectivity index (χ2v) is 5.94. The Morgan fingerprint density at radius 2 is 1.82 bits per heavy atom. The molecule has 0 saturated heterocycles. The van der Waals surface area contributed by atoms with Gasteiger partial charge in [-0.1, -0.05) is 11.6 Å². The number of carbonyl (C=O) groups is 1. The average molecular weight is 275 g/mol. The van der Waals surface area contributed by atoms with E-state index in [1.54, 1.807) is 0 Å². The summed E-state index contributed by atoms with van der Waals surface area (Å²) in [5.74, 6) is -0.342. The summed E-state index contributed by atoms with van der Waals surface area (Å²) in [5, 5.41) is 0.450. The molecule has 0 radical (unpaired) electrons. The minimum atomic E-state index is -3.72. The maximum atomic E-state index is 11.7. The van der Waals surface area contributed by atoms with Crippen LogP contribution in [0.15, 0.2) is 29.2 Å².